The summed E-state index contributed by atoms with van der Waals surface area (Å²) in [4.78, 5) is 50.3. The van der Waals surface area contributed by atoms with Gasteiger partial charge in [0.2, 0.25) is 5.91 Å². The predicted octanol–water partition coefficient (Wildman–Crippen LogP) is 2.27. The van der Waals surface area contributed by atoms with Crippen LogP contribution < -0.4 is 10.9 Å². The Morgan fingerprint density at radius 2 is 1.59 bits per heavy atom. The Kier molecular flexibility index (Phi) is 4.82. The zero-order valence-corrected chi connectivity index (χ0v) is 15.3. The number of benzene rings is 2. The van der Waals surface area contributed by atoms with Crippen molar-refractivity contribution < 1.29 is 23.6 Å². The average molecular weight is 391 g/mol. The summed E-state index contributed by atoms with van der Waals surface area (Å²) in [5, 5.41) is 1.51. The molecule has 2 N–H and O–H groups in total. The van der Waals surface area contributed by atoms with Gasteiger partial charge in [-0.05, 0) is 36.1 Å². The van der Waals surface area contributed by atoms with Crippen LogP contribution >= 0.6 is 0 Å². The first-order valence-electron chi connectivity index (χ1n) is 9.07. The molecule has 8 nitrogen and oxygen atoms in total. The molecule has 1 aromatic heterocycles. The molecule has 0 fully saturated rings. The molecule has 0 saturated carbocycles. The maximum atomic E-state index is 12.8. The number of rotatable bonds is 5. The summed E-state index contributed by atoms with van der Waals surface area (Å²) >= 11 is 0. The van der Waals surface area contributed by atoms with Gasteiger partial charge in [0.05, 0.1) is 6.26 Å². The molecule has 4 amide bonds. The molecule has 0 atom stereocenters. The minimum Gasteiger partial charge on any atom is -0.459 e. The number of hydrogen-bond acceptors (Lipinski definition) is 5. The van der Waals surface area contributed by atoms with Crippen molar-refractivity contribution in [3.05, 3.63) is 71.7 Å². The molecular formula is C21H17N3O5. The normalized spacial score (nSPS) is 12.9. The Labute approximate surface area is 165 Å². The molecule has 4 rings (SSSR count). The summed E-state index contributed by atoms with van der Waals surface area (Å²) in [6, 6.07) is 13.7. The van der Waals surface area contributed by atoms with Gasteiger partial charge in [-0.2, -0.15) is 0 Å². The highest BCUT2D eigenvalue weighted by Gasteiger charge is 2.32. The first kappa shape index (κ1) is 18.4. The topological polar surface area (TPSA) is 109 Å². The van der Waals surface area contributed by atoms with E-state index in [0.29, 0.717) is 16.5 Å². The number of hydrogen-bond donors (Lipinski definition) is 2. The maximum Gasteiger partial charge on any atom is 0.305 e. The zero-order valence-electron chi connectivity index (χ0n) is 15.3. The Morgan fingerprint density at radius 1 is 0.897 bits per heavy atom. The largest absolute Gasteiger partial charge is 0.459 e. The highest BCUT2D eigenvalue weighted by Crippen LogP contribution is 2.29. The van der Waals surface area contributed by atoms with Gasteiger partial charge in [0, 0.05) is 29.5 Å². The lowest BCUT2D eigenvalue weighted by Gasteiger charge is -2.27. The van der Waals surface area contributed by atoms with Crippen molar-refractivity contribution in [1.29, 1.82) is 0 Å². The van der Waals surface area contributed by atoms with Crippen molar-refractivity contribution in [3.63, 3.8) is 0 Å². The second-order valence-corrected chi connectivity index (χ2v) is 6.55. The Hall–Kier alpha value is -3.94. The second kappa shape index (κ2) is 7.59. The number of nitrogens with zero attached hydrogens (tertiary/aromatic N) is 1. The van der Waals surface area contributed by atoms with Gasteiger partial charge in [0.25, 0.3) is 11.8 Å². The van der Waals surface area contributed by atoms with E-state index in [4.69, 9.17) is 4.42 Å². The summed E-state index contributed by atoms with van der Waals surface area (Å²) in [6.07, 6.45) is 1.64. The van der Waals surface area contributed by atoms with E-state index in [2.05, 4.69) is 10.9 Å². The third-order valence-corrected chi connectivity index (χ3v) is 4.70. The van der Waals surface area contributed by atoms with Crippen LogP contribution in [0.2, 0.25) is 0 Å². The molecule has 3 aromatic rings. The third kappa shape index (κ3) is 3.47. The molecule has 0 unspecified atom stereocenters. The van der Waals surface area contributed by atoms with E-state index in [1.165, 1.54) is 12.3 Å². The predicted molar refractivity (Wildman–Crippen MR) is 103 cm³/mol. The second-order valence-electron chi connectivity index (χ2n) is 6.55. The minimum absolute atomic E-state index is 0.0291. The van der Waals surface area contributed by atoms with Crippen LogP contribution in [0.3, 0.4) is 0 Å². The van der Waals surface area contributed by atoms with Gasteiger partial charge in [-0.1, -0.05) is 24.3 Å². The maximum absolute atomic E-state index is 12.8. The van der Waals surface area contributed by atoms with E-state index in [1.54, 1.807) is 30.3 Å². The van der Waals surface area contributed by atoms with E-state index in [9.17, 15) is 19.2 Å². The molecule has 0 aliphatic carbocycles. The lowest BCUT2D eigenvalue weighted by atomic mass is 9.94. The van der Waals surface area contributed by atoms with Crippen molar-refractivity contribution in [2.24, 2.45) is 0 Å². The number of carbonyl (C=O) groups excluding carboxylic acids is 4. The van der Waals surface area contributed by atoms with Gasteiger partial charge in [-0.15, -0.1) is 0 Å². The highest BCUT2D eigenvalue weighted by molar-refractivity contribution is 6.25. The van der Waals surface area contributed by atoms with Gasteiger partial charge in [0.15, 0.2) is 5.76 Å². The van der Waals surface area contributed by atoms with Gasteiger partial charge in [-0.25, -0.2) is 0 Å². The number of amides is 4. The molecule has 2 aromatic carbocycles. The lowest BCUT2D eigenvalue weighted by molar-refractivity contribution is -0.122. The van der Waals surface area contributed by atoms with Crippen LogP contribution in [0, 0.1) is 0 Å². The molecule has 29 heavy (non-hydrogen) atoms. The SMILES string of the molecule is O=C(CCCN1C(=O)c2cccc3cccc(c23)C1=O)NNC(=O)c1ccco1. The molecule has 2 heterocycles. The summed E-state index contributed by atoms with van der Waals surface area (Å²) in [6.45, 7) is 0.0991. The molecule has 1 aliphatic heterocycles. The van der Waals surface area contributed by atoms with E-state index in [0.717, 1.165) is 10.3 Å². The number of imide groups is 1. The van der Waals surface area contributed by atoms with E-state index < -0.39 is 11.8 Å². The van der Waals surface area contributed by atoms with Crippen LogP contribution in [0.15, 0.2) is 59.2 Å². The van der Waals surface area contributed by atoms with Crippen molar-refractivity contribution in [3.8, 4) is 0 Å². The van der Waals surface area contributed by atoms with E-state index in [-0.39, 0.29) is 37.0 Å². The van der Waals surface area contributed by atoms with Crippen LogP contribution in [0.4, 0.5) is 0 Å². The Morgan fingerprint density at radius 3 is 2.21 bits per heavy atom. The quantitative estimate of drug-likeness (QED) is 0.512. The molecular weight excluding hydrogens is 374 g/mol. The van der Waals surface area contributed by atoms with E-state index >= 15 is 0 Å². The fourth-order valence-corrected chi connectivity index (χ4v) is 3.34. The van der Waals surface area contributed by atoms with Gasteiger partial charge >= 0.3 is 5.91 Å². The zero-order chi connectivity index (χ0) is 20.4. The Balaban J connectivity index is 1.36. The van der Waals surface area contributed by atoms with Crippen LogP contribution in [0.25, 0.3) is 10.8 Å². The van der Waals surface area contributed by atoms with Crippen LogP contribution in [0.1, 0.15) is 44.1 Å². The van der Waals surface area contributed by atoms with Gasteiger partial charge < -0.3 is 4.42 Å². The number of hydrazine groups is 1. The summed E-state index contributed by atoms with van der Waals surface area (Å²) in [5.74, 6) is -1.68. The fraction of sp³-hybridized carbons (Fsp3) is 0.143. The van der Waals surface area contributed by atoms with Gasteiger partial charge in [-0.3, -0.25) is 34.9 Å². The fourth-order valence-electron chi connectivity index (χ4n) is 3.34. The first-order valence-corrected chi connectivity index (χ1v) is 9.07. The molecule has 0 spiro atoms. The molecule has 0 saturated heterocycles. The smallest absolute Gasteiger partial charge is 0.305 e. The minimum atomic E-state index is -0.575. The molecule has 1 aliphatic rings. The number of furan rings is 1. The van der Waals surface area contributed by atoms with Crippen molar-refractivity contribution in [2.75, 3.05) is 6.54 Å². The van der Waals surface area contributed by atoms with Crippen molar-refractivity contribution in [2.45, 2.75) is 12.8 Å². The number of nitrogens with one attached hydrogen (secondary N) is 2. The van der Waals surface area contributed by atoms with E-state index in [1.807, 2.05) is 12.1 Å². The van der Waals surface area contributed by atoms with Crippen LogP contribution in [-0.4, -0.2) is 35.1 Å². The first-order chi connectivity index (χ1) is 14.1. The lowest BCUT2D eigenvalue weighted by Crippen LogP contribution is -2.43. The molecule has 0 radical (unpaired) electrons. The monoisotopic (exact) mass is 391 g/mol. The molecule has 8 heteroatoms. The van der Waals surface area contributed by atoms with Crippen LogP contribution in [-0.2, 0) is 4.79 Å². The summed E-state index contributed by atoms with van der Waals surface area (Å²) in [5.41, 5.74) is 5.47. The average Bonchev–Trinajstić information content (AvgIpc) is 3.27. The highest BCUT2D eigenvalue weighted by atomic mass is 16.3. The van der Waals surface area contributed by atoms with Crippen LogP contribution in [0.5, 0.6) is 0 Å². The van der Waals surface area contributed by atoms with Crippen molar-refractivity contribution >= 4 is 34.4 Å². The summed E-state index contributed by atoms with van der Waals surface area (Å²) in [7, 11) is 0. The summed E-state index contributed by atoms with van der Waals surface area (Å²) < 4.78 is 4.92. The van der Waals surface area contributed by atoms with Crippen molar-refractivity contribution in [1.82, 2.24) is 15.8 Å². The van der Waals surface area contributed by atoms with Gasteiger partial charge in [0.1, 0.15) is 0 Å². The molecule has 146 valence electrons. The number of carbonyl (C=O) groups is 4. The molecule has 0 bridgehead atoms. The Bertz CT molecular complexity index is 1070. The third-order valence-electron chi connectivity index (χ3n) is 4.70. The standard InChI is InChI=1S/C21H17N3O5/c25-17(22-23-19(26)16-9-4-12-29-16)10-3-11-24-20(27)14-7-1-5-13-6-2-8-15(18(13)14)21(24)28/h1-2,4-9,12H,3,10-11H2,(H,22,25)(H,23,26).